The van der Waals surface area contributed by atoms with Crippen molar-refractivity contribution >= 4 is 14.3 Å². The Bertz CT molecular complexity index is 411. The molecule has 4 heteroatoms. The summed E-state index contributed by atoms with van der Waals surface area (Å²) in [6.07, 6.45) is 0. The average Bonchev–Trinajstić information content (AvgIpc) is 2.85. The van der Waals surface area contributed by atoms with Gasteiger partial charge in [-0.25, -0.2) is 0 Å². The van der Waals surface area contributed by atoms with Crippen molar-refractivity contribution in [2.45, 2.75) is 32.5 Å². The lowest BCUT2D eigenvalue weighted by Gasteiger charge is -2.24. The SMILES string of the molecule is CC.COCCNCc1cccc2c1C(C)(PC)CN2. The highest BCUT2D eigenvalue weighted by Gasteiger charge is 2.34. The summed E-state index contributed by atoms with van der Waals surface area (Å²) in [7, 11) is 2.66. The quantitative estimate of drug-likeness (QED) is 0.623. The van der Waals surface area contributed by atoms with E-state index in [0.29, 0.717) is 5.16 Å². The molecule has 2 N–H and O–H groups in total. The summed E-state index contributed by atoms with van der Waals surface area (Å²) in [5, 5.41) is 7.28. The van der Waals surface area contributed by atoms with Gasteiger partial charge >= 0.3 is 0 Å². The van der Waals surface area contributed by atoms with E-state index in [-0.39, 0.29) is 0 Å². The topological polar surface area (TPSA) is 33.3 Å². The molecular weight excluding hydrogens is 267 g/mol. The van der Waals surface area contributed by atoms with Gasteiger partial charge in [0.1, 0.15) is 0 Å². The predicted molar refractivity (Wildman–Crippen MR) is 91.5 cm³/mol. The van der Waals surface area contributed by atoms with Gasteiger partial charge in [0, 0.05) is 37.6 Å². The molecule has 3 nitrogen and oxygen atoms in total. The standard InChI is InChI=1S/C14H23N2OP.C2H6/c1-14(18-3)10-16-12-6-4-5-11(13(12)14)9-15-7-8-17-2;1-2/h4-6,15-16,18H,7-10H2,1-3H3;1-2H3. The lowest BCUT2D eigenvalue weighted by atomic mass is 9.96. The molecule has 0 amide bonds. The van der Waals surface area contributed by atoms with Crippen molar-refractivity contribution in [1.29, 1.82) is 0 Å². The molecule has 0 aliphatic carbocycles. The van der Waals surface area contributed by atoms with Crippen molar-refractivity contribution in [1.82, 2.24) is 5.32 Å². The summed E-state index contributed by atoms with van der Waals surface area (Å²) < 4.78 is 5.06. The number of rotatable bonds is 6. The molecule has 0 aromatic heterocycles. The first-order chi connectivity index (χ1) is 9.71. The van der Waals surface area contributed by atoms with Gasteiger partial charge in [0.2, 0.25) is 0 Å². The van der Waals surface area contributed by atoms with Crippen LogP contribution in [0.4, 0.5) is 5.69 Å². The van der Waals surface area contributed by atoms with Gasteiger partial charge < -0.3 is 15.4 Å². The van der Waals surface area contributed by atoms with E-state index >= 15 is 0 Å². The Labute approximate surface area is 125 Å². The van der Waals surface area contributed by atoms with Crippen molar-refractivity contribution in [2.75, 3.05) is 38.8 Å². The monoisotopic (exact) mass is 296 g/mol. The van der Waals surface area contributed by atoms with Crippen LogP contribution in [0.2, 0.25) is 0 Å². The molecule has 1 aromatic rings. The Morgan fingerprint density at radius 2 is 2.15 bits per heavy atom. The minimum Gasteiger partial charge on any atom is -0.384 e. The van der Waals surface area contributed by atoms with Gasteiger partial charge in [0.25, 0.3) is 0 Å². The summed E-state index contributed by atoms with van der Waals surface area (Å²) in [6, 6.07) is 6.58. The first-order valence-electron chi connectivity index (χ1n) is 7.46. The molecular formula is C16H29N2OP. The van der Waals surface area contributed by atoms with Crippen molar-refractivity contribution in [3.8, 4) is 0 Å². The van der Waals surface area contributed by atoms with Crippen LogP contribution in [-0.4, -0.2) is 33.5 Å². The summed E-state index contributed by atoms with van der Waals surface area (Å²) in [5.41, 5.74) is 4.25. The Hall–Kier alpha value is -0.630. The zero-order chi connectivity index (χ0) is 15.0. The number of methoxy groups -OCH3 is 1. The normalized spacial score (nSPS) is 20.4. The van der Waals surface area contributed by atoms with Crippen molar-refractivity contribution in [3.05, 3.63) is 29.3 Å². The Balaban J connectivity index is 0.000000956. The van der Waals surface area contributed by atoms with E-state index in [2.05, 4.69) is 42.4 Å². The second-order valence-corrected chi connectivity index (χ2v) is 6.55. The lowest BCUT2D eigenvalue weighted by Crippen LogP contribution is -2.23. The van der Waals surface area contributed by atoms with Gasteiger partial charge in [0.05, 0.1) is 6.61 Å². The van der Waals surface area contributed by atoms with Crippen LogP contribution in [0.3, 0.4) is 0 Å². The molecule has 0 spiro atoms. The number of fused-ring (bicyclic) bond motifs is 1. The third-order valence-electron chi connectivity index (χ3n) is 3.69. The number of hydrogen-bond donors (Lipinski definition) is 2. The Kier molecular flexibility index (Phi) is 7.50. The van der Waals surface area contributed by atoms with Crippen molar-refractivity contribution in [3.63, 3.8) is 0 Å². The highest BCUT2D eigenvalue weighted by atomic mass is 31.1. The molecule has 0 bridgehead atoms. The Morgan fingerprint density at radius 3 is 2.80 bits per heavy atom. The third-order valence-corrected chi connectivity index (χ3v) is 5.22. The summed E-state index contributed by atoms with van der Waals surface area (Å²) >= 11 is 0. The predicted octanol–water partition coefficient (Wildman–Crippen LogP) is 3.40. The molecule has 0 fully saturated rings. The van der Waals surface area contributed by atoms with Gasteiger partial charge in [-0.2, -0.15) is 0 Å². The van der Waals surface area contributed by atoms with Crippen LogP contribution in [-0.2, 0) is 16.4 Å². The van der Waals surface area contributed by atoms with Crippen LogP contribution in [0.15, 0.2) is 18.2 Å². The maximum absolute atomic E-state index is 5.06. The Morgan fingerprint density at radius 1 is 1.40 bits per heavy atom. The lowest BCUT2D eigenvalue weighted by molar-refractivity contribution is 0.199. The largest absolute Gasteiger partial charge is 0.384 e. The van der Waals surface area contributed by atoms with Crippen LogP contribution in [0, 0.1) is 0 Å². The molecule has 1 heterocycles. The van der Waals surface area contributed by atoms with E-state index in [1.807, 2.05) is 13.8 Å². The first kappa shape index (κ1) is 17.4. The maximum atomic E-state index is 5.06. The van der Waals surface area contributed by atoms with Crippen LogP contribution in [0.25, 0.3) is 0 Å². The zero-order valence-electron chi connectivity index (χ0n) is 13.5. The van der Waals surface area contributed by atoms with Gasteiger partial charge in [-0.05, 0) is 23.9 Å². The molecule has 2 unspecified atom stereocenters. The summed E-state index contributed by atoms with van der Waals surface area (Å²) in [5.74, 6) is 0. The van der Waals surface area contributed by atoms with Crippen LogP contribution in [0.5, 0.6) is 0 Å². The number of anilines is 1. The fraction of sp³-hybridized carbons (Fsp3) is 0.625. The zero-order valence-corrected chi connectivity index (χ0v) is 14.5. The molecule has 2 atom stereocenters. The molecule has 20 heavy (non-hydrogen) atoms. The molecule has 2 rings (SSSR count). The summed E-state index contributed by atoms with van der Waals surface area (Å²) in [4.78, 5) is 0. The number of ether oxygens (including phenoxy) is 1. The number of nitrogens with one attached hydrogen (secondary N) is 2. The van der Waals surface area contributed by atoms with Crippen LogP contribution in [0.1, 0.15) is 31.9 Å². The van der Waals surface area contributed by atoms with Gasteiger partial charge in [-0.15, -0.1) is 8.58 Å². The number of benzene rings is 1. The molecule has 1 aromatic carbocycles. The van der Waals surface area contributed by atoms with Gasteiger partial charge in [-0.1, -0.05) is 32.9 Å². The molecule has 0 radical (unpaired) electrons. The minimum atomic E-state index is 0.300. The molecule has 114 valence electrons. The van der Waals surface area contributed by atoms with Crippen molar-refractivity contribution < 1.29 is 4.74 Å². The molecule has 1 aliphatic heterocycles. The van der Waals surface area contributed by atoms with Gasteiger partial charge in [0.15, 0.2) is 0 Å². The third kappa shape index (κ3) is 3.94. The smallest absolute Gasteiger partial charge is 0.0587 e. The minimum absolute atomic E-state index is 0.300. The van der Waals surface area contributed by atoms with E-state index in [9.17, 15) is 0 Å². The maximum Gasteiger partial charge on any atom is 0.0587 e. The fourth-order valence-electron chi connectivity index (χ4n) is 2.52. The van der Waals surface area contributed by atoms with E-state index in [0.717, 1.165) is 34.8 Å². The van der Waals surface area contributed by atoms with Gasteiger partial charge in [-0.3, -0.25) is 0 Å². The second-order valence-electron chi connectivity index (χ2n) is 4.94. The van der Waals surface area contributed by atoms with Crippen molar-refractivity contribution in [2.24, 2.45) is 0 Å². The highest BCUT2D eigenvalue weighted by Crippen LogP contribution is 2.48. The molecule has 1 aliphatic rings. The average molecular weight is 296 g/mol. The number of hydrogen-bond acceptors (Lipinski definition) is 3. The molecule has 0 saturated carbocycles. The molecule has 0 saturated heterocycles. The van der Waals surface area contributed by atoms with Crippen LogP contribution < -0.4 is 10.6 Å². The van der Waals surface area contributed by atoms with E-state index in [1.54, 1.807) is 7.11 Å². The van der Waals surface area contributed by atoms with E-state index in [4.69, 9.17) is 4.74 Å². The van der Waals surface area contributed by atoms with E-state index < -0.39 is 0 Å². The highest BCUT2D eigenvalue weighted by molar-refractivity contribution is 7.38. The first-order valence-corrected chi connectivity index (χ1v) is 8.96. The summed E-state index contributed by atoms with van der Waals surface area (Å²) in [6.45, 7) is 12.3. The van der Waals surface area contributed by atoms with Crippen LogP contribution >= 0.6 is 8.58 Å². The van der Waals surface area contributed by atoms with E-state index in [1.165, 1.54) is 16.8 Å². The fourth-order valence-corrected chi connectivity index (χ4v) is 3.33. The second kappa shape index (κ2) is 8.61.